The molecule has 138 valence electrons. The van der Waals surface area contributed by atoms with E-state index in [2.05, 4.69) is 15.5 Å². The second kappa shape index (κ2) is 7.33. The number of rotatable bonds is 5. The molecule has 1 amide bonds. The summed E-state index contributed by atoms with van der Waals surface area (Å²) in [7, 11) is 0. The standard InChI is InChI=1S/C18H22N4O4/c1-12-20-16(26-21-12)10-22-8-3-2-6-14(18(22)23)19-9-13-5-4-7-15-17(13)25-11-24-15/h4-5,7,14,19H,2-3,6,8-11H2,1H3. The second-order valence-corrected chi connectivity index (χ2v) is 6.58. The summed E-state index contributed by atoms with van der Waals surface area (Å²) in [6.07, 6.45) is 2.77. The number of carbonyl (C=O) groups is 1. The Bertz CT molecular complexity index is 791. The Morgan fingerprint density at radius 3 is 3.08 bits per heavy atom. The number of hydrogen-bond donors (Lipinski definition) is 1. The molecule has 4 rings (SSSR count). The summed E-state index contributed by atoms with van der Waals surface area (Å²) in [5.74, 6) is 2.65. The average molecular weight is 358 g/mol. The Kier molecular flexibility index (Phi) is 4.75. The molecule has 1 unspecified atom stereocenters. The predicted molar refractivity (Wildman–Crippen MR) is 91.5 cm³/mol. The highest BCUT2D eigenvalue weighted by Crippen LogP contribution is 2.35. The summed E-state index contributed by atoms with van der Waals surface area (Å²) >= 11 is 0. The third kappa shape index (κ3) is 3.50. The van der Waals surface area contributed by atoms with Gasteiger partial charge >= 0.3 is 0 Å². The number of carbonyl (C=O) groups excluding carboxylic acids is 1. The first kappa shape index (κ1) is 16.8. The number of aromatic nitrogens is 2. The Labute approximate surface area is 151 Å². The minimum absolute atomic E-state index is 0.0723. The fourth-order valence-electron chi connectivity index (χ4n) is 3.38. The lowest BCUT2D eigenvalue weighted by Crippen LogP contribution is -2.44. The smallest absolute Gasteiger partial charge is 0.246 e. The third-order valence-corrected chi connectivity index (χ3v) is 4.69. The van der Waals surface area contributed by atoms with Gasteiger partial charge in [0.1, 0.15) is 6.54 Å². The molecule has 3 heterocycles. The van der Waals surface area contributed by atoms with Gasteiger partial charge < -0.3 is 24.2 Å². The van der Waals surface area contributed by atoms with E-state index in [4.69, 9.17) is 14.0 Å². The monoisotopic (exact) mass is 358 g/mol. The topological polar surface area (TPSA) is 89.7 Å². The van der Waals surface area contributed by atoms with E-state index in [-0.39, 0.29) is 18.7 Å². The Morgan fingerprint density at radius 1 is 1.31 bits per heavy atom. The highest BCUT2D eigenvalue weighted by Gasteiger charge is 2.28. The number of nitrogens with one attached hydrogen (secondary N) is 1. The van der Waals surface area contributed by atoms with Gasteiger partial charge in [-0.3, -0.25) is 4.79 Å². The van der Waals surface area contributed by atoms with Gasteiger partial charge in [0.25, 0.3) is 0 Å². The molecule has 1 aromatic heterocycles. The first-order valence-corrected chi connectivity index (χ1v) is 8.89. The molecule has 1 saturated heterocycles. The SMILES string of the molecule is Cc1noc(CN2CCCCC(NCc3cccc4c3OCO4)C2=O)n1. The van der Waals surface area contributed by atoms with E-state index in [1.54, 1.807) is 11.8 Å². The molecule has 1 atom stereocenters. The zero-order valence-electron chi connectivity index (χ0n) is 14.7. The van der Waals surface area contributed by atoms with Crippen LogP contribution in [0.15, 0.2) is 22.7 Å². The highest BCUT2D eigenvalue weighted by molar-refractivity contribution is 5.82. The largest absolute Gasteiger partial charge is 0.454 e. The number of likely N-dealkylation sites (tertiary alicyclic amines) is 1. The summed E-state index contributed by atoms with van der Waals surface area (Å²) in [5, 5.41) is 7.18. The first-order chi connectivity index (χ1) is 12.7. The fourth-order valence-corrected chi connectivity index (χ4v) is 3.38. The minimum Gasteiger partial charge on any atom is -0.454 e. The summed E-state index contributed by atoms with van der Waals surface area (Å²) < 4.78 is 16.1. The predicted octanol–water partition coefficient (Wildman–Crippen LogP) is 1.78. The zero-order chi connectivity index (χ0) is 17.9. The van der Waals surface area contributed by atoms with E-state index in [9.17, 15) is 4.79 Å². The summed E-state index contributed by atoms with van der Waals surface area (Å²) in [4.78, 5) is 18.9. The van der Waals surface area contributed by atoms with Gasteiger partial charge in [-0.2, -0.15) is 4.98 Å². The first-order valence-electron chi connectivity index (χ1n) is 8.89. The van der Waals surface area contributed by atoms with Crippen molar-refractivity contribution < 1.29 is 18.8 Å². The molecule has 0 spiro atoms. The fraction of sp³-hybridized carbons (Fsp3) is 0.500. The van der Waals surface area contributed by atoms with Crippen LogP contribution in [0.2, 0.25) is 0 Å². The van der Waals surface area contributed by atoms with Gasteiger partial charge in [-0.05, 0) is 32.3 Å². The van der Waals surface area contributed by atoms with Crippen molar-refractivity contribution in [2.75, 3.05) is 13.3 Å². The van der Waals surface area contributed by atoms with Crippen molar-refractivity contribution in [3.63, 3.8) is 0 Å². The van der Waals surface area contributed by atoms with E-state index >= 15 is 0 Å². The van der Waals surface area contributed by atoms with Crippen molar-refractivity contribution in [1.82, 2.24) is 20.4 Å². The van der Waals surface area contributed by atoms with Crippen molar-refractivity contribution in [2.24, 2.45) is 0 Å². The zero-order valence-corrected chi connectivity index (χ0v) is 14.7. The number of benzene rings is 1. The highest BCUT2D eigenvalue weighted by atomic mass is 16.7. The molecule has 0 bridgehead atoms. The van der Waals surface area contributed by atoms with Crippen LogP contribution in [-0.4, -0.2) is 40.3 Å². The third-order valence-electron chi connectivity index (χ3n) is 4.69. The van der Waals surface area contributed by atoms with Gasteiger partial charge in [-0.1, -0.05) is 17.3 Å². The second-order valence-electron chi connectivity index (χ2n) is 6.58. The molecule has 8 nitrogen and oxygen atoms in total. The summed E-state index contributed by atoms with van der Waals surface area (Å²) in [6.45, 7) is 3.62. The molecular weight excluding hydrogens is 336 g/mol. The minimum atomic E-state index is -0.236. The molecule has 0 aliphatic carbocycles. The van der Waals surface area contributed by atoms with Crippen LogP contribution in [0, 0.1) is 6.92 Å². The van der Waals surface area contributed by atoms with Gasteiger partial charge in [0.2, 0.25) is 18.6 Å². The van der Waals surface area contributed by atoms with Gasteiger partial charge in [-0.25, -0.2) is 0 Å². The Hall–Kier alpha value is -2.61. The molecule has 26 heavy (non-hydrogen) atoms. The van der Waals surface area contributed by atoms with E-state index < -0.39 is 0 Å². The molecule has 1 aromatic carbocycles. The molecule has 1 fully saturated rings. The van der Waals surface area contributed by atoms with Crippen LogP contribution in [0.5, 0.6) is 11.5 Å². The molecule has 8 heteroatoms. The van der Waals surface area contributed by atoms with Crippen LogP contribution in [0.1, 0.15) is 36.5 Å². The molecule has 2 aromatic rings. The number of ether oxygens (including phenoxy) is 2. The lowest BCUT2D eigenvalue weighted by molar-refractivity contribution is -0.133. The number of fused-ring (bicyclic) bond motifs is 1. The maximum absolute atomic E-state index is 12.9. The van der Waals surface area contributed by atoms with Crippen LogP contribution < -0.4 is 14.8 Å². The van der Waals surface area contributed by atoms with Crippen molar-refractivity contribution in [2.45, 2.75) is 45.3 Å². The average Bonchev–Trinajstić information content (AvgIpc) is 3.24. The van der Waals surface area contributed by atoms with Crippen LogP contribution in [-0.2, 0) is 17.9 Å². The molecule has 2 aliphatic rings. The van der Waals surface area contributed by atoms with Gasteiger partial charge in [0.05, 0.1) is 6.04 Å². The Balaban J connectivity index is 1.42. The van der Waals surface area contributed by atoms with E-state index in [0.29, 0.717) is 31.3 Å². The molecule has 2 aliphatic heterocycles. The lowest BCUT2D eigenvalue weighted by Gasteiger charge is -2.23. The molecular formula is C18H22N4O4. The van der Waals surface area contributed by atoms with Crippen LogP contribution in [0.25, 0.3) is 0 Å². The quantitative estimate of drug-likeness (QED) is 0.871. The number of para-hydroxylation sites is 1. The van der Waals surface area contributed by atoms with Gasteiger partial charge in [-0.15, -0.1) is 0 Å². The number of hydrogen-bond acceptors (Lipinski definition) is 7. The van der Waals surface area contributed by atoms with Crippen LogP contribution in [0.4, 0.5) is 0 Å². The maximum Gasteiger partial charge on any atom is 0.246 e. The molecule has 1 N–H and O–H groups in total. The van der Waals surface area contributed by atoms with E-state index in [1.165, 1.54) is 0 Å². The summed E-state index contributed by atoms with van der Waals surface area (Å²) in [5.41, 5.74) is 0.996. The van der Waals surface area contributed by atoms with E-state index in [1.807, 2.05) is 18.2 Å². The lowest BCUT2D eigenvalue weighted by atomic mass is 10.1. The number of amides is 1. The van der Waals surface area contributed by atoms with Crippen LogP contribution >= 0.6 is 0 Å². The van der Waals surface area contributed by atoms with Crippen molar-refractivity contribution in [3.05, 3.63) is 35.5 Å². The molecule has 0 radical (unpaired) electrons. The number of nitrogens with zero attached hydrogens (tertiary/aromatic N) is 3. The summed E-state index contributed by atoms with van der Waals surface area (Å²) in [6, 6.07) is 5.57. The van der Waals surface area contributed by atoms with Gasteiger partial charge in [0.15, 0.2) is 17.3 Å². The van der Waals surface area contributed by atoms with Crippen molar-refractivity contribution in [1.29, 1.82) is 0 Å². The van der Waals surface area contributed by atoms with Crippen molar-refractivity contribution in [3.8, 4) is 11.5 Å². The number of aryl methyl sites for hydroxylation is 1. The van der Waals surface area contributed by atoms with Crippen LogP contribution in [0.3, 0.4) is 0 Å². The molecule has 0 saturated carbocycles. The van der Waals surface area contributed by atoms with Gasteiger partial charge in [0, 0.05) is 18.7 Å². The normalized spacial score (nSPS) is 19.7. The maximum atomic E-state index is 12.9. The van der Waals surface area contributed by atoms with E-state index in [0.717, 1.165) is 36.3 Å². The van der Waals surface area contributed by atoms with Crippen molar-refractivity contribution >= 4 is 5.91 Å². The Morgan fingerprint density at radius 2 is 2.23 bits per heavy atom.